The quantitative estimate of drug-likeness (QED) is 0.826. The van der Waals surface area contributed by atoms with Gasteiger partial charge in [-0.1, -0.05) is 0 Å². The standard InChI is InChI=1S/C12H14INO3/c1-12(16)6-14(7-12)11(15)8-3-4-9(13)10(5-8)17-2/h3-5,16H,6-7H2,1-2H3. The molecule has 0 aromatic heterocycles. The average molecular weight is 347 g/mol. The molecule has 0 spiro atoms. The van der Waals surface area contributed by atoms with E-state index >= 15 is 0 Å². The highest BCUT2D eigenvalue weighted by Crippen LogP contribution is 2.26. The van der Waals surface area contributed by atoms with Crippen LogP contribution in [-0.4, -0.2) is 41.7 Å². The monoisotopic (exact) mass is 347 g/mol. The summed E-state index contributed by atoms with van der Waals surface area (Å²) in [6.07, 6.45) is 0. The second-order valence-electron chi connectivity index (χ2n) is 4.51. The molecule has 1 aromatic carbocycles. The predicted molar refractivity (Wildman–Crippen MR) is 72.2 cm³/mol. The van der Waals surface area contributed by atoms with Crippen molar-refractivity contribution in [2.75, 3.05) is 20.2 Å². The van der Waals surface area contributed by atoms with Gasteiger partial charge in [0.05, 0.1) is 29.4 Å². The van der Waals surface area contributed by atoms with E-state index in [2.05, 4.69) is 22.6 Å². The normalized spacial score (nSPS) is 17.5. The Morgan fingerprint density at radius 2 is 2.18 bits per heavy atom. The van der Waals surface area contributed by atoms with Gasteiger partial charge in [0.15, 0.2) is 0 Å². The summed E-state index contributed by atoms with van der Waals surface area (Å²) >= 11 is 2.16. The maximum Gasteiger partial charge on any atom is 0.254 e. The Balaban J connectivity index is 2.15. The molecule has 92 valence electrons. The van der Waals surface area contributed by atoms with Gasteiger partial charge in [0.1, 0.15) is 5.75 Å². The van der Waals surface area contributed by atoms with Crippen molar-refractivity contribution >= 4 is 28.5 Å². The second kappa shape index (κ2) is 4.45. The third kappa shape index (κ3) is 2.55. The van der Waals surface area contributed by atoms with Crippen molar-refractivity contribution in [2.24, 2.45) is 0 Å². The van der Waals surface area contributed by atoms with E-state index in [1.54, 1.807) is 31.1 Å². The van der Waals surface area contributed by atoms with Crippen LogP contribution in [0.25, 0.3) is 0 Å². The van der Waals surface area contributed by atoms with Gasteiger partial charge < -0.3 is 14.7 Å². The molecule has 1 saturated heterocycles. The molecule has 4 nitrogen and oxygen atoms in total. The van der Waals surface area contributed by atoms with E-state index in [1.807, 2.05) is 6.07 Å². The predicted octanol–water partition coefficient (Wildman–Crippen LogP) is 1.51. The first-order valence-corrected chi connectivity index (χ1v) is 6.36. The van der Waals surface area contributed by atoms with Crippen LogP contribution in [0.3, 0.4) is 0 Å². The van der Waals surface area contributed by atoms with Gasteiger partial charge in [0, 0.05) is 5.56 Å². The van der Waals surface area contributed by atoms with Gasteiger partial charge in [0.25, 0.3) is 5.91 Å². The summed E-state index contributed by atoms with van der Waals surface area (Å²) in [5.41, 5.74) is -0.138. The lowest BCUT2D eigenvalue weighted by Gasteiger charge is -2.44. The SMILES string of the molecule is COc1cc(C(=O)N2CC(C)(O)C2)ccc1I. The molecule has 0 aliphatic carbocycles. The maximum atomic E-state index is 12.1. The number of aliphatic hydroxyl groups is 1. The van der Waals surface area contributed by atoms with E-state index in [0.717, 1.165) is 3.57 Å². The number of carbonyl (C=O) groups excluding carboxylic acids is 1. The van der Waals surface area contributed by atoms with Crippen molar-refractivity contribution in [3.05, 3.63) is 27.3 Å². The summed E-state index contributed by atoms with van der Waals surface area (Å²) in [6.45, 7) is 2.51. The number of ether oxygens (including phenoxy) is 1. The molecule has 0 atom stereocenters. The minimum Gasteiger partial charge on any atom is -0.496 e. The summed E-state index contributed by atoms with van der Waals surface area (Å²) in [4.78, 5) is 13.7. The molecular weight excluding hydrogens is 333 g/mol. The van der Waals surface area contributed by atoms with E-state index in [0.29, 0.717) is 24.4 Å². The summed E-state index contributed by atoms with van der Waals surface area (Å²) in [6, 6.07) is 5.36. The molecule has 1 amide bonds. The van der Waals surface area contributed by atoms with Crippen LogP contribution < -0.4 is 4.74 Å². The molecule has 1 aromatic rings. The summed E-state index contributed by atoms with van der Waals surface area (Å²) in [7, 11) is 1.58. The lowest BCUT2D eigenvalue weighted by atomic mass is 9.96. The van der Waals surface area contributed by atoms with Crippen molar-refractivity contribution in [1.82, 2.24) is 4.90 Å². The number of carbonyl (C=O) groups is 1. The van der Waals surface area contributed by atoms with Crippen molar-refractivity contribution < 1.29 is 14.6 Å². The zero-order valence-electron chi connectivity index (χ0n) is 9.74. The molecule has 1 N–H and O–H groups in total. The van der Waals surface area contributed by atoms with Crippen LogP contribution in [0.4, 0.5) is 0 Å². The van der Waals surface area contributed by atoms with Gasteiger partial charge in [-0.15, -0.1) is 0 Å². The highest BCUT2D eigenvalue weighted by molar-refractivity contribution is 14.1. The van der Waals surface area contributed by atoms with E-state index < -0.39 is 5.60 Å². The molecule has 2 rings (SSSR count). The average Bonchev–Trinajstić information content (AvgIpc) is 2.25. The molecule has 0 saturated carbocycles. The minimum absolute atomic E-state index is 0.0637. The van der Waals surface area contributed by atoms with Crippen molar-refractivity contribution in [3.8, 4) is 5.75 Å². The Hall–Kier alpha value is -0.820. The molecule has 1 fully saturated rings. The first-order valence-electron chi connectivity index (χ1n) is 5.28. The number of nitrogens with zero attached hydrogens (tertiary/aromatic N) is 1. The van der Waals surface area contributed by atoms with Crippen LogP contribution in [0.15, 0.2) is 18.2 Å². The second-order valence-corrected chi connectivity index (χ2v) is 5.67. The number of β-amino-alcohol motifs (C(OH)–C–C–N with tert-alkyl or cyclic N) is 1. The zero-order valence-corrected chi connectivity index (χ0v) is 11.9. The van der Waals surface area contributed by atoms with E-state index in [-0.39, 0.29) is 5.91 Å². The van der Waals surface area contributed by atoms with Gasteiger partial charge in [-0.3, -0.25) is 4.79 Å². The fraction of sp³-hybridized carbons (Fsp3) is 0.417. The van der Waals surface area contributed by atoms with Crippen LogP contribution in [0.2, 0.25) is 0 Å². The largest absolute Gasteiger partial charge is 0.496 e. The topological polar surface area (TPSA) is 49.8 Å². The molecule has 1 aliphatic rings. The lowest BCUT2D eigenvalue weighted by Crippen LogP contribution is -2.61. The van der Waals surface area contributed by atoms with Crippen LogP contribution >= 0.6 is 22.6 Å². The third-order valence-corrected chi connectivity index (χ3v) is 3.64. The van der Waals surface area contributed by atoms with Crippen LogP contribution in [-0.2, 0) is 0 Å². The first kappa shape index (κ1) is 12.6. The summed E-state index contributed by atoms with van der Waals surface area (Å²) < 4.78 is 6.15. The number of amides is 1. The number of likely N-dealkylation sites (tertiary alicyclic amines) is 1. The summed E-state index contributed by atoms with van der Waals surface area (Å²) in [5, 5.41) is 9.60. The van der Waals surface area contributed by atoms with Crippen LogP contribution in [0, 0.1) is 3.57 Å². The molecule has 0 radical (unpaired) electrons. The highest BCUT2D eigenvalue weighted by Gasteiger charge is 2.39. The number of hydrogen-bond acceptors (Lipinski definition) is 3. The smallest absolute Gasteiger partial charge is 0.254 e. The molecule has 1 heterocycles. The Morgan fingerprint density at radius 1 is 1.53 bits per heavy atom. The molecule has 17 heavy (non-hydrogen) atoms. The fourth-order valence-corrected chi connectivity index (χ4v) is 2.45. The lowest BCUT2D eigenvalue weighted by molar-refractivity contribution is -0.0668. The van der Waals surface area contributed by atoms with Crippen molar-refractivity contribution in [2.45, 2.75) is 12.5 Å². The molecule has 0 unspecified atom stereocenters. The maximum absolute atomic E-state index is 12.1. The molecular formula is C12H14INO3. The van der Waals surface area contributed by atoms with E-state index in [1.165, 1.54) is 0 Å². The zero-order chi connectivity index (χ0) is 12.6. The Bertz CT molecular complexity index is 451. The van der Waals surface area contributed by atoms with Gasteiger partial charge in [0.2, 0.25) is 0 Å². The fourth-order valence-electron chi connectivity index (χ4n) is 1.90. The van der Waals surface area contributed by atoms with Crippen LogP contribution in [0.1, 0.15) is 17.3 Å². The minimum atomic E-state index is -0.733. The third-order valence-electron chi connectivity index (χ3n) is 2.75. The van der Waals surface area contributed by atoms with Crippen molar-refractivity contribution in [1.29, 1.82) is 0 Å². The number of hydrogen-bond donors (Lipinski definition) is 1. The van der Waals surface area contributed by atoms with E-state index in [9.17, 15) is 9.90 Å². The van der Waals surface area contributed by atoms with Gasteiger partial charge in [-0.2, -0.15) is 0 Å². The van der Waals surface area contributed by atoms with Crippen LogP contribution in [0.5, 0.6) is 5.75 Å². The Morgan fingerprint density at radius 3 is 2.71 bits per heavy atom. The molecule has 5 heteroatoms. The van der Waals surface area contributed by atoms with Crippen molar-refractivity contribution in [3.63, 3.8) is 0 Å². The highest BCUT2D eigenvalue weighted by atomic mass is 127. The number of benzene rings is 1. The molecule has 0 bridgehead atoms. The van der Waals surface area contributed by atoms with Gasteiger partial charge >= 0.3 is 0 Å². The Labute approximate surface area is 114 Å². The number of halogens is 1. The van der Waals surface area contributed by atoms with Gasteiger partial charge in [-0.25, -0.2) is 0 Å². The van der Waals surface area contributed by atoms with E-state index in [4.69, 9.17) is 4.74 Å². The molecule has 1 aliphatic heterocycles. The van der Waals surface area contributed by atoms with Gasteiger partial charge in [-0.05, 0) is 47.7 Å². The number of rotatable bonds is 2. The Kier molecular flexibility index (Phi) is 3.31. The number of methoxy groups -OCH3 is 1. The summed E-state index contributed by atoms with van der Waals surface area (Å²) in [5.74, 6) is 0.634. The first-order chi connectivity index (χ1) is 7.93.